The van der Waals surface area contributed by atoms with Crippen LogP contribution in [0.25, 0.3) is 11.3 Å². The van der Waals surface area contributed by atoms with Crippen LogP contribution in [0.5, 0.6) is 0 Å². The van der Waals surface area contributed by atoms with Crippen LogP contribution in [-0.2, 0) is 19.4 Å². The van der Waals surface area contributed by atoms with E-state index < -0.39 is 29.7 Å². The Morgan fingerprint density at radius 2 is 1.68 bits per heavy atom. The first-order valence-electron chi connectivity index (χ1n) is 12.6. The van der Waals surface area contributed by atoms with Crippen molar-refractivity contribution < 1.29 is 23.2 Å². The van der Waals surface area contributed by atoms with E-state index in [4.69, 9.17) is 4.52 Å². The first kappa shape index (κ1) is 27.2. The van der Waals surface area contributed by atoms with E-state index in [2.05, 4.69) is 34.8 Å². The maximum Gasteiger partial charge on any atom is 0.257 e. The smallest absolute Gasteiger partial charge is 0.257 e. The van der Waals surface area contributed by atoms with Gasteiger partial charge in [-0.2, -0.15) is 0 Å². The van der Waals surface area contributed by atoms with Crippen LogP contribution < -0.4 is 10.6 Å². The number of hydrogen-bond donors (Lipinski definition) is 3. The molecule has 0 spiro atoms. The van der Waals surface area contributed by atoms with Crippen molar-refractivity contribution in [1.29, 1.82) is 0 Å². The summed E-state index contributed by atoms with van der Waals surface area (Å²) < 4.78 is 33.1. The molecule has 4 rings (SSSR count). The molecule has 0 saturated heterocycles. The van der Waals surface area contributed by atoms with E-state index in [0.717, 1.165) is 18.1 Å². The van der Waals surface area contributed by atoms with Crippen molar-refractivity contribution in [2.75, 3.05) is 6.54 Å². The molecule has 3 aromatic carbocycles. The Morgan fingerprint density at radius 1 is 0.974 bits per heavy atom. The van der Waals surface area contributed by atoms with Gasteiger partial charge in [-0.15, -0.1) is 0 Å². The number of carbonyl (C=O) groups is 1. The van der Waals surface area contributed by atoms with Gasteiger partial charge in [-0.25, -0.2) is 8.78 Å². The molecule has 0 aliphatic rings. The Balaban J connectivity index is 1.53. The fourth-order valence-electron chi connectivity index (χ4n) is 4.41. The van der Waals surface area contributed by atoms with Gasteiger partial charge in [0.1, 0.15) is 28.7 Å². The predicted molar refractivity (Wildman–Crippen MR) is 142 cm³/mol. The van der Waals surface area contributed by atoms with Gasteiger partial charge in [0.2, 0.25) is 0 Å². The van der Waals surface area contributed by atoms with Crippen LogP contribution in [0.15, 0.2) is 77.3 Å². The Morgan fingerprint density at radius 3 is 2.39 bits per heavy atom. The number of aliphatic hydroxyl groups is 1. The molecule has 0 radical (unpaired) electrons. The minimum Gasteiger partial charge on any atom is -0.390 e. The summed E-state index contributed by atoms with van der Waals surface area (Å²) in [6.07, 6.45) is -0.123. The lowest BCUT2D eigenvalue weighted by molar-refractivity contribution is 0.0829. The third-order valence-electron chi connectivity index (χ3n) is 6.38. The molecule has 2 atom stereocenters. The van der Waals surface area contributed by atoms with Gasteiger partial charge in [0, 0.05) is 24.7 Å². The molecule has 1 aromatic heterocycles. The highest BCUT2D eigenvalue weighted by Gasteiger charge is 2.27. The minimum atomic E-state index is -1.06. The average molecular weight is 520 g/mol. The monoisotopic (exact) mass is 519 g/mol. The zero-order valence-electron chi connectivity index (χ0n) is 21.4. The van der Waals surface area contributed by atoms with Gasteiger partial charge in [0.25, 0.3) is 5.91 Å². The van der Waals surface area contributed by atoms with E-state index in [9.17, 15) is 18.7 Å². The Kier molecular flexibility index (Phi) is 8.99. The topological polar surface area (TPSA) is 87.4 Å². The number of aryl methyl sites for hydroxylation is 2. The Bertz CT molecular complexity index is 1350. The van der Waals surface area contributed by atoms with Crippen molar-refractivity contribution in [2.24, 2.45) is 0 Å². The number of benzene rings is 3. The molecule has 38 heavy (non-hydrogen) atoms. The number of hydrogen-bond acceptors (Lipinski definition) is 5. The van der Waals surface area contributed by atoms with Crippen molar-refractivity contribution in [3.8, 4) is 11.3 Å². The molecule has 1 amide bonds. The van der Waals surface area contributed by atoms with Crippen LogP contribution >= 0.6 is 0 Å². The van der Waals surface area contributed by atoms with Crippen molar-refractivity contribution in [3.05, 3.63) is 112 Å². The lowest BCUT2D eigenvalue weighted by Crippen LogP contribution is -2.48. The van der Waals surface area contributed by atoms with E-state index >= 15 is 0 Å². The van der Waals surface area contributed by atoms with Crippen LogP contribution in [0.1, 0.15) is 39.7 Å². The molecule has 3 N–H and O–H groups in total. The minimum absolute atomic E-state index is 0.0135. The van der Waals surface area contributed by atoms with Crippen molar-refractivity contribution in [3.63, 3.8) is 0 Å². The molecule has 1 heterocycles. The number of nitrogens with one attached hydrogen (secondary N) is 2. The normalized spacial score (nSPS) is 12.8. The quantitative estimate of drug-likeness (QED) is 0.260. The molecule has 6 nitrogen and oxygen atoms in total. The zero-order valence-corrected chi connectivity index (χ0v) is 21.4. The zero-order chi connectivity index (χ0) is 27.1. The molecule has 0 unspecified atom stereocenters. The number of rotatable bonds is 11. The lowest BCUT2D eigenvalue weighted by Gasteiger charge is -2.25. The summed E-state index contributed by atoms with van der Waals surface area (Å²) in [6, 6.07) is 19.6. The van der Waals surface area contributed by atoms with Crippen molar-refractivity contribution >= 4 is 5.91 Å². The predicted octanol–water partition coefficient (Wildman–Crippen LogP) is 4.98. The maximum absolute atomic E-state index is 13.9. The second-order valence-corrected chi connectivity index (χ2v) is 9.26. The van der Waals surface area contributed by atoms with Gasteiger partial charge < -0.3 is 20.3 Å². The third kappa shape index (κ3) is 6.90. The fourth-order valence-corrected chi connectivity index (χ4v) is 4.41. The van der Waals surface area contributed by atoms with E-state index in [-0.39, 0.29) is 18.5 Å². The number of nitrogens with zero attached hydrogens (tertiary/aromatic N) is 1. The van der Waals surface area contributed by atoms with Crippen LogP contribution in [0, 0.1) is 18.6 Å². The maximum atomic E-state index is 13.9. The summed E-state index contributed by atoms with van der Waals surface area (Å²) in [7, 11) is 0. The van der Waals surface area contributed by atoms with E-state index in [1.165, 1.54) is 17.7 Å². The molecule has 0 saturated carbocycles. The SMILES string of the molecule is CCc1cccc(CNC[C@H](O)[C@H](Cc2cc(F)cc(F)c2)NC(=O)c2c(-c3ccccc3)noc2C)c1. The third-order valence-corrected chi connectivity index (χ3v) is 6.38. The summed E-state index contributed by atoms with van der Waals surface area (Å²) in [5.74, 6) is -1.64. The summed E-state index contributed by atoms with van der Waals surface area (Å²) in [5.41, 5.74) is 3.91. The summed E-state index contributed by atoms with van der Waals surface area (Å²) >= 11 is 0. The number of aromatic nitrogens is 1. The standard InChI is InChI=1S/C30H31F2N3O3/c1-3-20-8-7-9-21(12-20)17-33-18-27(36)26(15-22-13-24(31)16-25(32)14-22)34-30(37)28-19(2)38-35-29(28)23-10-5-4-6-11-23/h4-14,16,26-27,33,36H,3,15,17-18H2,1-2H3,(H,34,37)/t26-,27-/m0/s1. The molecule has 0 aliphatic carbocycles. The fraction of sp³-hybridized carbons (Fsp3) is 0.267. The van der Waals surface area contributed by atoms with Gasteiger partial charge in [-0.05, 0) is 48.6 Å². The molecule has 8 heteroatoms. The van der Waals surface area contributed by atoms with Crippen LogP contribution in [0.4, 0.5) is 8.78 Å². The number of carbonyl (C=O) groups excluding carboxylic acids is 1. The molecular formula is C30H31F2N3O3. The highest BCUT2D eigenvalue weighted by molar-refractivity contribution is 6.01. The Labute approximate surface area is 220 Å². The van der Waals surface area contributed by atoms with Crippen molar-refractivity contribution in [1.82, 2.24) is 15.8 Å². The van der Waals surface area contributed by atoms with Gasteiger partial charge in [-0.3, -0.25) is 4.79 Å². The largest absolute Gasteiger partial charge is 0.390 e. The van der Waals surface area contributed by atoms with Crippen LogP contribution in [-0.4, -0.2) is 34.9 Å². The van der Waals surface area contributed by atoms with Gasteiger partial charge >= 0.3 is 0 Å². The molecule has 198 valence electrons. The lowest BCUT2D eigenvalue weighted by atomic mass is 9.99. The van der Waals surface area contributed by atoms with E-state index in [1.54, 1.807) is 6.92 Å². The highest BCUT2D eigenvalue weighted by atomic mass is 19.1. The first-order chi connectivity index (χ1) is 18.3. The second-order valence-electron chi connectivity index (χ2n) is 9.26. The Hall–Kier alpha value is -3.88. The number of aliphatic hydroxyl groups excluding tert-OH is 1. The molecule has 4 aromatic rings. The second kappa shape index (κ2) is 12.6. The molecule has 0 aliphatic heterocycles. The average Bonchev–Trinajstić information content (AvgIpc) is 3.29. The summed E-state index contributed by atoms with van der Waals surface area (Å²) in [5, 5.41) is 21.2. The van der Waals surface area contributed by atoms with E-state index in [1.807, 2.05) is 42.5 Å². The van der Waals surface area contributed by atoms with Crippen LogP contribution in [0.3, 0.4) is 0 Å². The van der Waals surface area contributed by atoms with Gasteiger partial charge in [0.05, 0.1) is 12.1 Å². The molecule has 0 bridgehead atoms. The van der Waals surface area contributed by atoms with E-state index in [0.29, 0.717) is 29.1 Å². The number of halogens is 2. The number of amides is 1. The van der Waals surface area contributed by atoms with Gasteiger partial charge in [-0.1, -0.05) is 66.7 Å². The molecular weight excluding hydrogens is 488 g/mol. The van der Waals surface area contributed by atoms with Crippen molar-refractivity contribution in [2.45, 2.75) is 45.4 Å². The molecule has 0 fully saturated rings. The van der Waals surface area contributed by atoms with Gasteiger partial charge in [0.15, 0.2) is 0 Å². The van der Waals surface area contributed by atoms with Crippen LogP contribution in [0.2, 0.25) is 0 Å². The highest BCUT2D eigenvalue weighted by Crippen LogP contribution is 2.25. The first-order valence-corrected chi connectivity index (χ1v) is 12.6. The summed E-state index contributed by atoms with van der Waals surface area (Å²) in [6.45, 7) is 4.38. The summed E-state index contributed by atoms with van der Waals surface area (Å²) in [4.78, 5) is 13.4.